The summed E-state index contributed by atoms with van der Waals surface area (Å²) in [7, 11) is 0. The first-order valence-electron chi connectivity index (χ1n) is 6.79. The minimum absolute atomic E-state index is 0.185. The van der Waals surface area contributed by atoms with Crippen molar-refractivity contribution in [1.29, 1.82) is 5.26 Å². The molecule has 0 atom stereocenters. The molecule has 0 aliphatic heterocycles. The summed E-state index contributed by atoms with van der Waals surface area (Å²) in [6.07, 6.45) is 0.989. The van der Waals surface area contributed by atoms with Crippen LogP contribution < -0.4 is 16.4 Å². The number of nitrogens with zero attached hydrogens (tertiary/aromatic N) is 3. The van der Waals surface area contributed by atoms with Crippen LogP contribution in [0.5, 0.6) is 0 Å². The van der Waals surface area contributed by atoms with Gasteiger partial charge in [0.1, 0.15) is 17.7 Å². The number of nitrogens with two attached hydrogens (primary N) is 1. The molecule has 0 saturated heterocycles. The molecule has 2 rings (SSSR count). The molecule has 1 aromatic heterocycles. The number of benzene rings is 1. The molecule has 0 unspecified atom stereocenters. The van der Waals surface area contributed by atoms with Crippen molar-refractivity contribution in [2.45, 2.75) is 20.3 Å². The van der Waals surface area contributed by atoms with E-state index >= 15 is 0 Å². The largest absolute Gasteiger partial charge is 0.370 e. The van der Waals surface area contributed by atoms with E-state index in [1.807, 2.05) is 25.1 Å². The number of rotatable bonds is 5. The fourth-order valence-corrected chi connectivity index (χ4v) is 1.93. The van der Waals surface area contributed by atoms with Crippen molar-refractivity contribution in [3.8, 4) is 6.07 Å². The number of hydrogen-bond acceptors (Lipinski definition) is 6. The summed E-state index contributed by atoms with van der Waals surface area (Å²) < 4.78 is 0. The summed E-state index contributed by atoms with van der Waals surface area (Å²) in [6, 6.07) is 9.59. The summed E-state index contributed by atoms with van der Waals surface area (Å²) in [5, 5.41) is 15.5. The smallest absolute Gasteiger partial charge is 0.223 e. The van der Waals surface area contributed by atoms with Crippen LogP contribution in [-0.4, -0.2) is 16.5 Å². The molecule has 0 spiro atoms. The maximum atomic E-state index is 9.24. The van der Waals surface area contributed by atoms with Gasteiger partial charge < -0.3 is 16.4 Å². The summed E-state index contributed by atoms with van der Waals surface area (Å²) in [5.74, 6) is 1.41. The second-order valence-electron chi connectivity index (χ2n) is 4.66. The van der Waals surface area contributed by atoms with Crippen molar-refractivity contribution in [2.24, 2.45) is 0 Å². The highest BCUT2D eigenvalue weighted by Gasteiger charge is 2.07. The number of nitrogens with one attached hydrogen (secondary N) is 2. The predicted molar refractivity (Wildman–Crippen MR) is 84.4 cm³/mol. The Morgan fingerprint density at radius 1 is 1.29 bits per heavy atom. The second kappa shape index (κ2) is 6.57. The van der Waals surface area contributed by atoms with E-state index in [0.29, 0.717) is 22.9 Å². The van der Waals surface area contributed by atoms with Gasteiger partial charge in [0, 0.05) is 12.6 Å². The summed E-state index contributed by atoms with van der Waals surface area (Å²) in [6.45, 7) is 4.78. The Balaban J connectivity index is 2.30. The van der Waals surface area contributed by atoms with Crippen molar-refractivity contribution < 1.29 is 0 Å². The predicted octanol–water partition coefficient (Wildman–Crippen LogP) is 2.80. The molecule has 0 radical (unpaired) electrons. The Hall–Kier alpha value is -2.81. The van der Waals surface area contributed by atoms with Crippen molar-refractivity contribution in [3.63, 3.8) is 0 Å². The van der Waals surface area contributed by atoms with Gasteiger partial charge in [-0.15, -0.1) is 0 Å². The van der Waals surface area contributed by atoms with Crippen molar-refractivity contribution in [2.75, 3.05) is 22.9 Å². The molecule has 0 aliphatic rings. The van der Waals surface area contributed by atoms with E-state index < -0.39 is 0 Å². The van der Waals surface area contributed by atoms with E-state index in [9.17, 15) is 5.26 Å². The van der Waals surface area contributed by atoms with Crippen molar-refractivity contribution in [3.05, 3.63) is 35.4 Å². The molecule has 6 heteroatoms. The molecule has 1 heterocycles. The van der Waals surface area contributed by atoms with E-state index in [4.69, 9.17) is 5.73 Å². The van der Waals surface area contributed by atoms with E-state index in [0.717, 1.165) is 18.5 Å². The van der Waals surface area contributed by atoms with Crippen LogP contribution in [0.25, 0.3) is 0 Å². The molecule has 0 saturated carbocycles. The van der Waals surface area contributed by atoms with Gasteiger partial charge in [0.05, 0.1) is 11.3 Å². The van der Waals surface area contributed by atoms with Gasteiger partial charge in [0.2, 0.25) is 5.95 Å². The average Bonchev–Trinajstić information content (AvgIpc) is 2.45. The standard InChI is InChI=1S/C15H18N6/c1-3-7-18-13-8-14(21-15(17)20-13)19-12-6-4-5-10(2)11(12)9-16/h4-6,8H,3,7H2,1-2H3,(H4,17,18,19,20,21). The maximum Gasteiger partial charge on any atom is 0.223 e. The molecule has 21 heavy (non-hydrogen) atoms. The molecule has 0 aliphatic carbocycles. The quantitative estimate of drug-likeness (QED) is 0.779. The van der Waals surface area contributed by atoms with Gasteiger partial charge in [-0.05, 0) is 25.0 Å². The van der Waals surface area contributed by atoms with Crippen LogP contribution in [0.4, 0.5) is 23.3 Å². The molecule has 2 aromatic rings. The van der Waals surface area contributed by atoms with Gasteiger partial charge in [-0.25, -0.2) is 0 Å². The molecule has 4 N–H and O–H groups in total. The lowest BCUT2D eigenvalue weighted by Gasteiger charge is -2.11. The first-order chi connectivity index (χ1) is 10.1. The number of hydrogen-bond donors (Lipinski definition) is 3. The minimum atomic E-state index is 0.185. The highest BCUT2D eigenvalue weighted by molar-refractivity contribution is 5.68. The normalized spacial score (nSPS) is 9.95. The molecule has 0 amide bonds. The molecule has 6 nitrogen and oxygen atoms in total. The number of anilines is 4. The van der Waals surface area contributed by atoms with Crippen LogP contribution in [0.15, 0.2) is 24.3 Å². The fraction of sp³-hybridized carbons (Fsp3) is 0.267. The lowest BCUT2D eigenvalue weighted by Crippen LogP contribution is -2.07. The van der Waals surface area contributed by atoms with Gasteiger partial charge in [0.25, 0.3) is 0 Å². The Morgan fingerprint density at radius 3 is 2.76 bits per heavy atom. The summed E-state index contributed by atoms with van der Waals surface area (Å²) in [5.41, 5.74) is 7.93. The van der Waals surface area contributed by atoms with Crippen LogP contribution in [0, 0.1) is 18.3 Å². The van der Waals surface area contributed by atoms with E-state index in [2.05, 4.69) is 33.6 Å². The second-order valence-corrected chi connectivity index (χ2v) is 4.66. The maximum absolute atomic E-state index is 9.24. The molecular weight excluding hydrogens is 264 g/mol. The fourth-order valence-electron chi connectivity index (χ4n) is 1.93. The first kappa shape index (κ1) is 14.6. The monoisotopic (exact) mass is 282 g/mol. The van der Waals surface area contributed by atoms with Crippen LogP contribution in [0.3, 0.4) is 0 Å². The molecule has 0 fully saturated rings. The van der Waals surface area contributed by atoms with Crippen LogP contribution >= 0.6 is 0 Å². The van der Waals surface area contributed by atoms with Crippen LogP contribution in [0.2, 0.25) is 0 Å². The van der Waals surface area contributed by atoms with Gasteiger partial charge in [-0.2, -0.15) is 15.2 Å². The Morgan fingerprint density at radius 2 is 2.05 bits per heavy atom. The zero-order chi connectivity index (χ0) is 15.2. The number of nitrogen functional groups attached to an aromatic ring is 1. The third-order valence-corrected chi connectivity index (χ3v) is 2.95. The SMILES string of the molecule is CCCNc1cc(Nc2cccc(C)c2C#N)nc(N)n1. The third kappa shape index (κ3) is 3.60. The summed E-state index contributed by atoms with van der Waals surface area (Å²) >= 11 is 0. The molecular formula is C15H18N6. The lowest BCUT2D eigenvalue weighted by molar-refractivity contribution is 0.967. The lowest BCUT2D eigenvalue weighted by atomic mass is 10.1. The van der Waals surface area contributed by atoms with Crippen molar-refractivity contribution >= 4 is 23.3 Å². The average molecular weight is 282 g/mol. The minimum Gasteiger partial charge on any atom is -0.370 e. The zero-order valence-corrected chi connectivity index (χ0v) is 12.1. The number of aryl methyl sites for hydroxylation is 1. The Kier molecular flexibility index (Phi) is 4.57. The van der Waals surface area contributed by atoms with Crippen LogP contribution in [0.1, 0.15) is 24.5 Å². The number of nitriles is 1. The van der Waals surface area contributed by atoms with Gasteiger partial charge in [-0.1, -0.05) is 19.1 Å². The first-order valence-corrected chi connectivity index (χ1v) is 6.79. The number of aromatic nitrogens is 2. The van der Waals surface area contributed by atoms with Crippen LogP contribution in [-0.2, 0) is 0 Å². The van der Waals surface area contributed by atoms with E-state index in [1.165, 1.54) is 0 Å². The van der Waals surface area contributed by atoms with E-state index in [1.54, 1.807) is 6.07 Å². The third-order valence-electron chi connectivity index (χ3n) is 2.95. The zero-order valence-electron chi connectivity index (χ0n) is 12.1. The Labute approximate surface area is 124 Å². The molecule has 0 bridgehead atoms. The molecule has 1 aromatic carbocycles. The highest BCUT2D eigenvalue weighted by atomic mass is 15.1. The highest BCUT2D eigenvalue weighted by Crippen LogP contribution is 2.23. The van der Waals surface area contributed by atoms with Gasteiger partial charge in [0.15, 0.2) is 0 Å². The van der Waals surface area contributed by atoms with E-state index in [-0.39, 0.29) is 5.95 Å². The molecule has 108 valence electrons. The Bertz CT molecular complexity index is 674. The van der Waals surface area contributed by atoms with Gasteiger partial charge in [-0.3, -0.25) is 0 Å². The van der Waals surface area contributed by atoms with Crippen molar-refractivity contribution in [1.82, 2.24) is 9.97 Å². The van der Waals surface area contributed by atoms with Gasteiger partial charge >= 0.3 is 0 Å². The topological polar surface area (TPSA) is 99.6 Å². The summed E-state index contributed by atoms with van der Waals surface area (Å²) in [4.78, 5) is 8.27.